The normalized spacial score (nSPS) is 13.3. The third kappa shape index (κ3) is 2.44. The molecule has 1 aliphatic heterocycles. The van der Waals surface area contributed by atoms with E-state index in [1.165, 1.54) is 29.1 Å². The van der Waals surface area contributed by atoms with Crippen molar-refractivity contribution in [2.45, 2.75) is 18.1 Å². The Kier molecular flexibility index (Phi) is 3.47. The molecule has 0 spiro atoms. The van der Waals surface area contributed by atoms with Gasteiger partial charge in [0.1, 0.15) is 5.82 Å². The van der Waals surface area contributed by atoms with Gasteiger partial charge in [-0.15, -0.1) is 0 Å². The van der Waals surface area contributed by atoms with Crippen LogP contribution in [0.25, 0.3) is 10.9 Å². The lowest BCUT2D eigenvalue weighted by molar-refractivity contribution is 0.627. The van der Waals surface area contributed by atoms with Crippen molar-refractivity contribution in [2.75, 3.05) is 5.32 Å². The number of nitrogens with one attached hydrogen (secondary N) is 1. The van der Waals surface area contributed by atoms with E-state index in [-0.39, 0.29) is 5.82 Å². The van der Waals surface area contributed by atoms with Gasteiger partial charge in [0, 0.05) is 34.7 Å². The Morgan fingerprint density at radius 3 is 2.73 bits per heavy atom. The highest BCUT2D eigenvalue weighted by Gasteiger charge is 2.19. The van der Waals surface area contributed by atoms with Gasteiger partial charge < -0.3 is 5.32 Å². The topological polar surface area (TPSA) is 24.9 Å². The number of hydrogen-bond donors (Lipinski definition) is 1. The number of thioether (sulfide) groups is 1. The average molecular weight is 310 g/mol. The molecule has 0 fully saturated rings. The zero-order valence-corrected chi connectivity index (χ0v) is 12.8. The molecule has 4 heteroatoms. The zero-order chi connectivity index (χ0) is 14.9. The molecule has 0 aliphatic carbocycles. The molecule has 2 heterocycles. The highest BCUT2D eigenvalue weighted by Crippen LogP contribution is 2.38. The summed E-state index contributed by atoms with van der Waals surface area (Å²) in [6, 6.07) is 14.9. The van der Waals surface area contributed by atoms with Gasteiger partial charge in [-0.3, -0.25) is 4.98 Å². The second-order valence-corrected chi connectivity index (χ2v) is 6.39. The quantitative estimate of drug-likeness (QED) is 0.757. The molecule has 1 N–H and O–H groups in total. The fraction of sp³-hybridized carbons (Fsp3) is 0.167. The molecule has 3 aromatic rings. The van der Waals surface area contributed by atoms with Crippen molar-refractivity contribution in [1.29, 1.82) is 0 Å². The molecule has 2 aromatic carbocycles. The number of fused-ring (bicyclic) bond motifs is 2. The highest BCUT2D eigenvalue weighted by atomic mass is 32.2. The fourth-order valence-corrected chi connectivity index (χ4v) is 3.87. The van der Waals surface area contributed by atoms with E-state index in [0.717, 1.165) is 28.0 Å². The Hall–Kier alpha value is -2.07. The summed E-state index contributed by atoms with van der Waals surface area (Å²) < 4.78 is 13.0. The summed E-state index contributed by atoms with van der Waals surface area (Å²) in [5.74, 6) is 1.78. The molecule has 0 radical (unpaired) electrons. The molecule has 0 saturated carbocycles. The maximum Gasteiger partial charge on any atom is 0.123 e. The Morgan fingerprint density at radius 2 is 1.86 bits per heavy atom. The number of aromatic nitrogens is 1. The van der Waals surface area contributed by atoms with Crippen molar-refractivity contribution >= 4 is 28.4 Å². The standard InChI is InChI=1S/C18H15FN2S/c19-13-7-5-12(6-8-13)9-20-18-14-3-1-2-4-16(14)21-17-11-22-10-15(17)18/h1-8H,9-11H2,(H,20,21). The van der Waals surface area contributed by atoms with E-state index < -0.39 is 0 Å². The Labute approximate surface area is 132 Å². The van der Waals surface area contributed by atoms with E-state index in [2.05, 4.69) is 17.4 Å². The molecule has 110 valence electrons. The minimum Gasteiger partial charge on any atom is -0.380 e. The number of halogens is 1. The molecular weight excluding hydrogens is 295 g/mol. The molecular formula is C18H15FN2S. The average Bonchev–Trinajstić information content (AvgIpc) is 3.01. The SMILES string of the molecule is Fc1ccc(CNc2c3c(nc4ccccc24)CSC3)cc1. The first kappa shape index (κ1) is 13.6. The van der Waals surface area contributed by atoms with E-state index in [1.54, 1.807) is 0 Å². The van der Waals surface area contributed by atoms with Crippen LogP contribution in [-0.4, -0.2) is 4.98 Å². The molecule has 0 amide bonds. The summed E-state index contributed by atoms with van der Waals surface area (Å²) in [5.41, 5.74) is 5.78. The van der Waals surface area contributed by atoms with Gasteiger partial charge >= 0.3 is 0 Å². The minimum absolute atomic E-state index is 0.199. The van der Waals surface area contributed by atoms with Crippen LogP contribution in [0.2, 0.25) is 0 Å². The molecule has 0 unspecified atom stereocenters. The maximum absolute atomic E-state index is 13.0. The van der Waals surface area contributed by atoms with Crippen LogP contribution in [0.4, 0.5) is 10.1 Å². The van der Waals surface area contributed by atoms with Crippen molar-refractivity contribution in [1.82, 2.24) is 4.98 Å². The van der Waals surface area contributed by atoms with Crippen LogP contribution >= 0.6 is 11.8 Å². The number of para-hydroxylation sites is 1. The largest absolute Gasteiger partial charge is 0.380 e. The van der Waals surface area contributed by atoms with Crippen LogP contribution < -0.4 is 5.32 Å². The molecule has 2 nitrogen and oxygen atoms in total. The first-order chi connectivity index (χ1) is 10.8. The molecule has 0 bridgehead atoms. The summed E-state index contributed by atoms with van der Waals surface area (Å²) in [5, 5.41) is 4.71. The van der Waals surface area contributed by atoms with E-state index in [0.29, 0.717) is 6.54 Å². The molecule has 22 heavy (non-hydrogen) atoms. The van der Waals surface area contributed by atoms with Crippen molar-refractivity contribution in [3.05, 3.63) is 71.2 Å². The van der Waals surface area contributed by atoms with Crippen molar-refractivity contribution in [3.63, 3.8) is 0 Å². The Bertz CT molecular complexity index is 830. The highest BCUT2D eigenvalue weighted by molar-refractivity contribution is 7.98. The van der Waals surface area contributed by atoms with Gasteiger partial charge in [0.15, 0.2) is 0 Å². The van der Waals surface area contributed by atoms with Crippen molar-refractivity contribution in [2.24, 2.45) is 0 Å². The summed E-state index contributed by atoms with van der Waals surface area (Å²) in [6.07, 6.45) is 0. The monoisotopic (exact) mass is 310 g/mol. The molecule has 1 aliphatic rings. The fourth-order valence-electron chi connectivity index (χ4n) is 2.82. The van der Waals surface area contributed by atoms with Gasteiger partial charge in [-0.1, -0.05) is 30.3 Å². The van der Waals surface area contributed by atoms with Crippen LogP contribution in [0.5, 0.6) is 0 Å². The first-order valence-electron chi connectivity index (χ1n) is 7.28. The van der Waals surface area contributed by atoms with E-state index in [9.17, 15) is 4.39 Å². The summed E-state index contributed by atoms with van der Waals surface area (Å²) in [4.78, 5) is 4.77. The smallest absolute Gasteiger partial charge is 0.123 e. The van der Waals surface area contributed by atoms with E-state index in [4.69, 9.17) is 4.98 Å². The van der Waals surface area contributed by atoms with Crippen LogP contribution in [0, 0.1) is 5.82 Å². The van der Waals surface area contributed by atoms with Crippen LogP contribution in [0.1, 0.15) is 16.8 Å². The number of nitrogens with zero attached hydrogens (tertiary/aromatic N) is 1. The predicted octanol–water partition coefficient (Wildman–Crippen LogP) is 4.73. The lowest BCUT2D eigenvalue weighted by Gasteiger charge is -2.14. The van der Waals surface area contributed by atoms with Crippen molar-refractivity contribution < 1.29 is 4.39 Å². The summed E-state index contributed by atoms with van der Waals surface area (Å²) in [6.45, 7) is 0.686. The maximum atomic E-state index is 13.0. The zero-order valence-electron chi connectivity index (χ0n) is 12.0. The Morgan fingerprint density at radius 1 is 1.05 bits per heavy atom. The number of hydrogen-bond acceptors (Lipinski definition) is 3. The first-order valence-corrected chi connectivity index (χ1v) is 8.43. The second-order valence-electron chi connectivity index (χ2n) is 5.40. The van der Waals surface area contributed by atoms with Gasteiger partial charge in [0.25, 0.3) is 0 Å². The molecule has 0 saturated heterocycles. The third-order valence-electron chi connectivity index (χ3n) is 3.95. The summed E-state index contributed by atoms with van der Waals surface area (Å²) >= 11 is 1.90. The second kappa shape index (κ2) is 5.61. The van der Waals surface area contributed by atoms with Gasteiger partial charge in [-0.25, -0.2) is 4.39 Å². The molecule has 1 aromatic heterocycles. The van der Waals surface area contributed by atoms with E-state index >= 15 is 0 Å². The van der Waals surface area contributed by atoms with Crippen molar-refractivity contribution in [3.8, 4) is 0 Å². The van der Waals surface area contributed by atoms with Gasteiger partial charge in [0.05, 0.1) is 11.2 Å². The lowest BCUT2D eigenvalue weighted by atomic mass is 10.1. The number of rotatable bonds is 3. The number of pyridine rings is 1. The van der Waals surface area contributed by atoms with Gasteiger partial charge in [0.2, 0.25) is 0 Å². The lowest BCUT2D eigenvalue weighted by Crippen LogP contribution is -2.04. The van der Waals surface area contributed by atoms with Gasteiger partial charge in [-0.05, 0) is 23.8 Å². The third-order valence-corrected chi connectivity index (χ3v) is 4.92. The minimum atomic E-state index is -0.199. The van der Waals surface area contributed by atoms with E-state index in [1.807, 2.05) is 36.0 Å². The Balaban J connectivity index is 1.72. The number of anilines is 1. The molecule has 4 rings (SSSR count). The van der Waals surface area contributed by atoms with Gasteiger partial charge in [-0.2, -0.15) is 11.8 Å². The predicted molar refractivity (Wildman–Crippen MR) is 90.5 cm³/mol. The van der Waals surface area contributed by atoms with Crippen LogP contribution in [0.15, 0.2) is 48.5 Å². The molecule has 0 atom stereocenters. The summed E-state index contributed by atoms with van der Waals surface area (Å²) in [7, 11) is 0. The van der Waals surface area contributed by atoms with Crippen LogP contribution in [0.3, 0.4) is 0 Å². The number of benzene rings is 2. The van der Waals surface area contributed by atoms with Crippen LogP contribution in [-0.2, 0) is 18.1 Å².